The Balaban J connectivity index is 1.56. The zero-order valence-corrected chi connectivity index (χ0v) is 13.6. The molecule has 6 nitrogen and oxygen atoms in total. The van der Waals surface area contributed by atoms with Crippen LogP contribution in [0.15, 0.2) is 12.4 Å². The van der Waals surface area contributed by atoms with Gasteiger partial charge in [-0.1, -0.05) is 0 Å². The number of nitrogens with zero attached hydrogens (tertiary/aromatic N) is 4. The summed E-state index contributed by atoms with van der Waals surface area (Å²) in [5.74, 6) is 0.371. The highest BCUT2D eigenvalue weighted by Crippen LogP contribution is 2.24. The number of ether oxygens (including phenoxy) is 1. The highest BCUT2D eigenvalue weighted by molar-refractivity contribution is 5.79. The summed E-state index contributed by atoms with van der Waals surface area (Å²) >= 11 is 0. The molecule has 1 aromatic heterocycles. The molecule has 2 aliphatic rings. The number of amides is 1. The number of halogens is 1. The Kier molecular flexibility index (Phi) is 4.75. The molecule has 3 rings (SSSR count). The van der Waals surface area contributed by atoms with Crippen molar-refractivity contribution in [3.05, 3.63) is 18.2 Å². The monoisotopic (exact) mass is 322 g/mol. The van der Waals surface area contributed by atoms with Gasteiger partial charge in [0.2, 0.25) is 11.9 Å². The lowest BCUT2D eigenvalue weighted by Gasteiger charge is -2.39. The van der Waals surface area contributed by atoms with E-state index < -0.39 is 5.82 Å². The number of rotatable bonds is 2. The fourth-order valence-corrected chi connectivity index (χ4v) is 3.41. The summed E-state index contributed by atoms with van der Waals surface area (Å²) in [7, 11) is 0. The van der Waals surface area contributed by atoms with E-state index in [1.165, 1.54) is 12.4 Å². The third kappa shape index (κ3) is 3.77. The van der Waals surface area contributed by atoms with Gasteiger partial charge in [-0.3, -0.25) is 4.79 Å². The van der Waals surface area contributed by atoms with Gasteiger partial charge in [0.1, 0.15) is 0 Å². The lowest BCUT2D eigenvalue weighted by atomic mass is 9.95. The highest BCUT2D eigenvalue weighted by Gasteiger charge is 2.33. The molecule has 0 bridgehead atoms. The highest BCUT2D eigenvalue weighted by atomic mass is 19.1. The molecule has 2 saturated heterocycles. The van der Waals surface area contributed by atoms with Crippen LogP contribution in [0, 0.1) is 11.7 Å². The lowest BCUT2D eigenvalue weighted by Crippen LogP contribution is -2.51. The number of piperidine rings is 1. The summed E-state index contributed by atoms with van der Waals surface area (Å²) in [6, 6.07) is 0. The van der Waals surface area contributed by atoms with Crippen LogP contribution in [0.25, 0.3) is 0 Å². The molecule has 0 saturated carbocycles. The molecule has 7 heteroatoms. The number of hydrogen-bond donors (Lipinski definition) is 0. The summed E-state index contributed by atoms with van der Waals surface area (Å²) in [6.45, 7) is 6.79. The molecular formula is C16H23FN4O2. The first-order valence-electron chi connectivity index (χ1n) is 8.19. The van der Waals surface area contributed by atoms with Crippen molar-refractivity contribution in [1.82, 2.24) is 14.9 Å². The maximum atomic E-state index is 12.9. The molecule has 23 heavy (non-hydrogen) atoms. The Hall–Kier alpha value is -1.76. The van der Waals surface area contributed by atoms with Crippen LogP contribution in [0.5, 0.6) is 0 Å². The van der Waals surface area contributed by atoms with Crippen molar-refractivity contribution in [2.24, 2.45) is 5.92 Å². The molecule has 0 spiro atoms. The molecule has 2 aliphatic heterocycles. The predicted molar refractivity (Wildman–Crippen MR) is 83.5 cm³/mol. The van der Waals surface area contributed by atoms with Gasteiger partial charge >= 0.3 is 0 Å². The van der Waals surface area contributed by atoms with Crippen LogP contribution in [0.2, 0.25) is 0 Å². The molecule has 126 valence electrons. The van der Waals surface area contributed by atoms with Crippen LogP contribution in [-0.4, -0.2) is 59.2 Å². The summed E-state index contributed by atoms with van der Waals surface area (Å²) < 4.78 is 18.6. The molecule has 0 radical (unpaired) electrons. The molecule has 0 aromatic carbocycles. The van der Waals surface area contributed by atoms with Gasteiger partial charge in [0.15, 0.2) is 5.82 Å². The molecule has 2 atom stereocenters. The SMILES string of the molecule is C[C@H]1CN(C(=O)C2CCN(c3ncc(F)cn3)CC2)C[C@H](C)O1. The van der Waals surface area contributed by atoms with E-state index in [-0.39, 0.29) is 24.0 Å². The van der Waals surface area contributed by atoms with Crippen molar-refractivity contribution >= 4 is 11.9 Å². The van der Waals surface area contributed by atoms with E-state index in [1.807, 2.05) is 23.6 Å². The van der Waals surface area contributed by atoms with Gasteiger partial charge in [0.05, 0.1) is 24.6 Å². The second kappa shape index (κ2) is 6.78. The van der Waals surface area contributed by atoms with Crippen molar-refractivity contribution in [3.8, 4) is 0 Å². The largest absolute Gasteiger partial charge is 0.372 e. The number of anilines is 1. The third-order valence-corrected chi connectivity index (χ3v) is 4.47. The first-order valence-corrected chi connectivity index (χ1v) is 8.19. The normalized spacial score (nSPS) is 26.4. The van der Waals surface area contributed by atoms with Gasteiger partial charge in [0.25, 0.3) is 0 Å². The van der Waals surface area contributed by atoms with Crippen LogP contribution in [0.4, 0.5) is 10.3 Å². The fourth-order valence-electron chi connectivity index (χ4n) is 3.41. The van der Waals surface area contributed by atoms with Gasteiger partial charge in [-0.15, -0.1) is 0 Å². The Labute approximate surface area is 135 Å². The summed E-state index contributed by atoms with van der Waals surface area (Å²) in [6.07, 6.45) is 4.09. The average molecular weight is 322 g/mol. The number of morpholine rings is 1. The number of hydrogen-bond acceptors (Lipinski definition) is 5. The molecule has 1 aromatic rings. The molecule has 3 heterocycles. The van der Waals surface area contributed by atoms with Crippen LogP contribution in [-0.2, 0) is 9.53 Å². The Bertz CT molecular complexity index is 536. The van der Waals surface area contributed by atoms with E-state index in [0.29, 0.717) is 19.0 Å². The minimum atomic E-state index is -0.436. The maximum Gasteiger partial charge on any atom is 0.225 e. The third-order valence-electron chi connectivity index (χ3n) is 4.47. The molecule has 0 aliphatic carbocycles. The van der Waals surface area contributed by atoms with Crippen molar-refractivity contribution in [1.29, 1.82) is 0 Å². The molecular weight excluding hydrogens is 299 g/mol. The van der Waals surface area contributed by atoms with Crippen molar-refractivity contribution in [2.45, 2.75) is 38.9 Å². The Morgan fingerprint density at radius 1 is 1.17 bits per heavy atom. The number of carbonyl (C=O) groups is 1. The molecule has 0 N–H and O–H groups in total. The minimum Gasteiger partial charge on any atom is -0.372 e. The topological polar surface area (TPSA) is 58.6 Å². The quantitative estimate of drug-likeness (QED) is 0.825. The van der Waals surface area contributed by atoms with E-state index in [2.05, 4.69) is 9.97 Å². The molecule has 0 unspecified atom stereocenters. The molecule has 1 amide bonds. The summed E-state index contributed by atoms with van der Waals surface area (Å²) in [4.78, 5) is 24.7. The Morgan fingerprint density at radius 2 is 1.74 bits per heavy atom. The predicted octanol–water partition coefficient (Wildman–Crippen LogP) is 1.47. The zero-order chi connectivity index (χ0) is 16.4. The van der Waals surface area contributed by atoms with E-state index in [9.17, 15) is 9.18 Å². The maximum absolute atomic E-state index is 12.9. The minimum absolute atomic E-state index is 0.0456. The van der Waals surface area contributed by atoms with Gasteiger partial charge < -0.3 is 14.5 Å². The van der Waals surface area contributed by atoms with Gasteiger partial charge in [-0.05, 0) is 26.7 Å². The first kappa shape index (κ1) is 16.1. The summed E-state index contributed by atoms with van der Waals surface area (Å²) in [5, 5.41) is 0. The number of aromatic nitrogens is 2. The lowest BCUT2D eigenvalue weighted by molar-refractivity contribution is -0.148. The van der Waals surface area contributed by atoms with Gasteiger partial charge in [0, 0.05) is 32.1 Å². The second-order valence-electron chi connectivity index (χ2n) is 6.46. The van der Waals surface area contributed by atoms with Crippen LogP contribution < -0.4 is 4.90 Å². The summed E-state index contributed by atoms with van der Waals surface area (Å²) in [5.41, 5.74) is 0. The van der Waals surface area contributed by atoms with Crippen molar-refractivity contribution in [3.63, 3.8) is 0 Å². The van der Waals surface area contributed by atoms with E-state index >= 15 is 0 Å². The van der Waals surface area contributed by atoms with Crippen LogP contribution in [0.1, 0.15) is 26.7 Å². The Morgan fingerprint density at radius 3 is 2.30 bits per heavy atom. The van der Waals surface area contributed by atoms with E-state index in [4.69, 9.17) is 4.74 Å². The van der Waals surface area contributed by atoms with Crippen LogP contribution in [0.3, 0.4) is 0 Å². The van der Waals surface area contributed by atoms with Crippen molar-refractivity contribution < 1.29 is 13.9 Å². The van der Waals surface area contributed by atoms with Crippen LogP contribution >= 0.6 is 0 Å². The molecule has 2 fully saturated rings. The first-order chi connectivity index (χ1) is 11.0. The van der Waals surface area contributed by atoms with Gasteiger partial charge in [-0.25, -0.2) is 14.4 Å². The van der Waals surface area contributed by atoms with Gasteiger partial charge in [-0.2, -0.15) is 0 Å². The second-order valence-corrected chi connectivity index (χ2v) is 6.46. The smallest absolute Gasteiger partial charge is 0.225 e. The average Bonchev–Trinajstić information content (AvgIpc) is 2.54. The van der Waals surface area contributed by atoms with E-state index in [1.54, 1.807) is 0 Å². The van der Waals surface area contributed by atoms with Crippen molar-refractivity contribution in [2.75, 3.05) is 31.1 Å². The zero-order valence-electron chi connectivity index (χ0n) is 13.6. The standard InChI is InChI=1S/C16H23FN4O2/c1-11-9-21(10-12(2)23-11)15(22)13-3-5-20(6-4-13)16-18-7-14(17)8-19-16/h7-8,11-13H,3-6,9-10H2,1-2H3/t11-,12-/m0/s1. The van der Waals surface area contributed by atoms with E-state index in [0.717, 1.165) is 25.9 Å². The number of carbonyl (C=O) groups excluding carboxylic acids is 1. The fraction of sp³-hybridized carbons (Fsp3) is 0.688.